The smallest absolute Gasteiger partial charge is 0.379 e. The SMILES string of the molecule is Cc1ccc(NC(=O)CCNc2ccc(S(=O)(=O)C(F)(F)F)cc2[N+](=O)[O-])nc1. The van der Waals surface area contributed by atoms with Crippen molar-refractivity contribution < 1.29 is 31.3 Å². The highest BCUT2D eigenvalue weighted by molar-refractivity contribution is 7.92. The molecule has 1 aromatic carbocycles. The van der Waals surface area contributed by atoms with E-state index in [1.807, 2.05) is 6.92 Å². The quantitative estimate of drug-likeness (QED) is 0.508. The maximum atomic E-state index is 12.6. The van der Waals surface area contributed by atoms with Gasteiger partial charge in [-0.3, -0.25) is 14.9 Å². The van der Waals surface area contributed by atoms with Crippen molar-refractivity contribution in [2.45, 2.75) is 23.7 Å². The number of carbonyl (C=O) groups is 1. The summed E-state index contributed by atoms with van der Waals surface area (Å²) in [6.45, 7) is 1.73. The second-order valence-corrected chi connectivity index (χ2v) is 7.77. The Bertz CT molecular complexity index is 1020. The Morgan fingerprint density at radius 3 is 2.48 bits per heavy atom. The van der Waals surface area contributed by atoms with Gasteiger partial charge in [0, 0.05) is 25.2 Å². The molecule has 13 heteroatoms. The maximum absolute atomic E-state index is 12.6. The van der Waals surface area contributed by atoms with Gasteiger partial charge >= 0.3 is 5.51 Å². The topological polar surface area (TPSA) is 131 Å². The molecule has 2 aromatic rings. The van der Waals surface area contributed by atoms with E-state index in [-0.39, 0.29) is 18.7 Å². The van der Waals surface area contributed by atoms with E-state index in [4.69, 9.17) is 0 Å². The summed E-state index contributed by atoms with van der Waals surface area (Å²) in [4.78, 5) is 24.7. The van der Waals surface area contributed by atoms with Crippen LogP contribution in [0.1, 0.15) is 12.0 Å². The number of nitro benzene ring substituents is 1. The summed E-state index contributed by atoms with van der Waals surface area (Å²) < 4.78 is 60.7. The number of nitro groups is 1. The van der Waals surface area contributed by atoms with Crippen LogP contribution in [0.25, 0.3) is 0 Å². The Labute approximate surface area is 163 Å². The number of carbonyl (C=O) groups excluding carboxylic acids is 1. The van der Waals surface area contributed by atoms with E-state index in [2.05, 4.69) is 15.6 Å². The molecule has 1 heterocycles. The summed E-state index contributed by atoms with van der Waals surface area (Å²) in [5.74, 6) is -0.138. The number of aromatic nitrogens is 1. The van der Waals surface area contributed by atoms with Gasteiger partial charge in [0.2, 0.25) is 5.91 Å². The van der Waals surface area contributed by atoms with E-state index in [0.717, 1.165) is 11.6 Å². The minimum Gasteiger partial charge on any atom is -0.379 e. The Kier molecular flexibility index (Phi) is 6.41. The summed E-state index contributed by atoms with van der Waals surface area (Å²) in [5.41, 5.74) is -5.78. The van der Waals surface area contributed by atoms with Crippen molar-refractivity contribution in [1.82, 2.24) is 4.98 Å². The van der Waals surface area contributed by atoms with Crippen LogP contribution in [0.15, 0.2) is 41.4 Å². The number of amides is 1. The summed E-state index contributed by atoms with van der Waals surface area (Å²) in [6.07, 6.45) is 1.42. The molecule has 156 valence electrons. The van der Waals surface area contributed by atoms with Gasteiger partial charge in [0.25, 0.3) is 15.5 Å². The summed E-state index contributed by atoms with van der Waals surface area (Å²) in [5, 5.41) is 16.2. The van der Waals surface area contributed by atoms with Crippen LogP contribution >= 0.6 is 0 Å². The van der Waals surface area contributed by atoms with Gasteiger partial charge in [-0.15, -0.1) is 0 Å². The number of nitrogens with zero attached hydrogens (tertiary/aromatic N) is 2. The molecule has 0 aliphatic heterocycles. The number of rotatable bonds is 7. The zero-order chi connectivity index (χ0) is 21.8. The van der Waals surface area contributed by atoms with E-state index in [0.29, 0.717) is 18.0 Å². The molecule has 0 radical (unpaired) electrons. The molecule has 0 fully saturated rings. The van der Waals surface area contributed by atoms with Crippen LogP contribution in [-0.4, -0.2) is 36.3 Å². The lowest BCUT2D eigenvalue weighted by molar-refractivity contribution is -0.384. The van der Waals surface area contributed by atoms with Gasteiger partial charge in [0.1, 0.15) is 11.5 Å². The average Bonchev–Trinajstić information content (AvgIpc) is 2.62. The molecule has 1 amide bonds. The third-order valence-corrected chi connectivity index (χ3v) is 5.11. The second kappa shape index (κ2) is 8.43. The Balaban J connectivity index is 2.08. The van der Waals surface area contributed by atoms with E-state index in [9.17, 15) is 36.5 Å². The van der Waals surface area contributed by atoms with E-state index in [1.165, 1.54) is 0 Å². The number of hydrogen-bond donors (Lipinski definition) is 2. The molecule has 0 spiro atoms. The van der Waals surface area contributed by atoms with Crippen LogP contribution in [0, 0.1) is 17.0 Å². The number of alkyl halides is 3. The van der Waals surface area contributed by atoms with Crippen molar-refractivity contribution in [3.8, 4) is 0 Å². The predicted octanol–water partition coefficient (Wildman–Crippen LogP) is 3.03. The van der Waals surface area contributed by atoms with Gasteiger partial charge in [0.15, 0.2) is 0 Å². The monoisotopic (exact) mass is 432 g/mol. The third kappa shape index (κ3) is 5.40. The molecule has 0 aliphatic rings. The molecule has 1 aromatic heterocycles. The summed E-state index contributed by atoms with van der Waals surface area (Å²) in [6, 6.07) is 5.10. The van der Waals surface area contributed by atoms with Crippen LogP contribution in [0.5, 0.6) is 0 Å². The largest absolute Gasteiger partial charge is 0.501 e. The molecular formula is C16H15F3N4O5S. The van der Waals surface area contributed by atoms with Crippen LogP contribution in [0.4, 0.5) is 30.4 Å². The molecule has 0 aliphatic carbocycles. The summed E-state index contributed by atoms with van der Waals surface area (Å²) >= 11 is 0. The summed E-state index contributed by atoms with van der Waals surface area (Å²) in [7, 11) is -5.72. The third-order valence-electron chi connectivity index (χ3n) is 3.63. The fraction of sp³-hybridized carbons (Fsp3) is 0.250. The standard InChI is InChI=1S/C16H15F3N4O5S/c1-10-2-5-14(21-9-10)22-15(24)6-7-20-12-4-3-11(8-13(12)23(25)26)29(27,28)16(17,18)19/h2-5,8-9,20H,6-7H2,1H3,(H,21,22,24). The van der Waals surface area contributed by atoms with E-state index in [1.54, 1.807) is 18.3 Å². The fourth-order valence-electron chi connectivity index (χ4n) is 2.17. The Morgan fingerprint density at radius 1 is 1.24 bits per heavy atom. The van der Waals surface area contributed by atoms with Gasteiger partial charge in [-0.05, 0) is 30.7 Å². The zero-order valence-electron chi connectivity index (χ0n) is 14.9. The van der Waals surface area contributed by atoms with Crippen molar-refractivity contribution in [2.24, 2.45) is 0 Å². The molecule has 2 N–H and O–H groups in total. The molecule has 0 saturated carbocycles. The number of anilines is 2. The molecule has 2 rings (SSSR count). The normalized spacial score (nSPS) is 11.7. The first-order chi connectivity index (χ1) is 13.4. The zero-order valence-corrected chi connectivity index (χ0v) is 15.7. The number of halogens is 3. The van der Waals surface area contributed by atoms with Gasteiger partial charge in [0.05, 0.1) is 9.82 Å². The lowest BCUT2D eigenvalue weighted by Gasteiger charge is -2.11. The number of aryl methyl sites for hydroxylation is 1. The van der Waals surface area contributed by atoms with Gasteiger partial charge in [-0.2, -0.15) is 13.2 Å². The van der Waals surface area contributed by atoms with Crippen LogP contribution < -0.4 is 10.6 Å². The molecule has 0 unspecified atom stereocenters. The molecule has 9 nitrogen and oxygen atoms in total. The Hall–Kier alpha value is -3.22. The first kappa shape index (κ1) is 22.1. The first-order valence-corrected chi connectivity index (χ1v) is 9.46. The number of hydrogen-bond acceptors (Lipinski definition) is 7. The number of pyridine rings is 1. The predicted molar refractivity (Wildman–Crippen MR) is 97.0 cm³/mol. The number of benzene rings is 1. The number of sulfone groups is 1. The van der Waals surface area contributed by atoms with Crippen molar-refractivity contribution in [3.05, 3.63) is 52.2 Å². The first-order valence-electron chi connectivity index (χ1n) is 7.98. The van der Waals surface area contributed by atoms with Gasteiger partial charge < -0.3 is 10.6 Å². The highest BCUT2D eigenvalue weighted by Crippen LogP contribution is 2.34. The average molecular weight is 432 g/mol. The lowest BCUT2D eigenvalue weighted by atomic mass is 10.2. The Morgan fingerprint density at radius 2 is 1.93 bits per heavy atom. The van der Waals surface area contributed by atoms with Crippen molar-refractivity contribution in [3.63, 3.8) is 0 Å². The van der Waals surface area contributed by atoms with Gasteiger partial charge in [-0.1, -0.05) is 6.07 Å². The molecule has 29 heavy (non-hydrogen) atoms. The molecule has 0 bridgehead atoms. The number of nitrogens with one attached hydrogen (secondary N) is 2. The highest BCUT2D eigenvalue weighted by Gasteiger charge is 2.47. The van der Waals surface area contributed by atoms with Crippen molar-refractivity contribution in [2.75, 3.05) is 17.2 Å². The van der Waals surface area contributed by atoms with E-state index < -0.39 is 36.8 Å². The minimum atomic E-state index is -5.72. The van der Waals surface area contributed by atoms with Crippen LogP contribution in [0.2, 0.25) is 0 Å². The molecular weight excluding hydrogens is 417 g/mol. The minimum absolute atomic E-state index is 0.0934. The second-order valence-electron chi connectivity index (χ2n) is 5.83. The molecule has 0 atom stereocenters. The lowest BCUT2D eigenvalue weighted by Crippen LogP contribution is -2.23. The van der Waals surface area contributed by atoms with Crippen LogP contribution in [0.3, 0.4) is 0 Å². The van der Waals surface area contributed by atoms with Crippen LogP contribution in [-0.2, 0) is 14.6 Å². The van der Waals surface area contributed by atoms with Gasteiger partial charge in [-0.25, -0.2) is 13.4 Å². The van der Waals surface area contributed by atoms with Crippen molar-refractivity contribution >= 4 is 32.9 Å². The molecule has 0 saturated heterocycles. The van der Waals surface area contributed by atoms with Crippen molar-refractivity contribution in [1.29, 1.82) is 0 Å². The maximum Gasteiger partial charge on any atom is 0.501 e. The van der Waals surface area contributed by atoms with E-state index >= 15 is 0 Å². The highest BCUT2D eigenvalue weighted by atomic mass is 32.2. The fourth-order valence-corrected chi connectivity index (χ4v) is 2.95.